The maximum absolute atomic E-state index is 13.9. The number of halogens is 3. The zero-order valence-electron chi connectivity index (χ0n) is 18.6. The lowest BCUT2D eigenvalue weighted by Crippen LogP contribution is -2.51. The fraction of sp³-hybridized carbons (Fsp3) is 0.652. The third kappa shape index (κ3) is 5.85. The molecule has 33 heavy (non-hydrogen) atoms. The Balaban J connectivity index is 1.53. The van der Waals surface area contributed by atoms with Crippen LogP contribution in [0, 0.1) is 11.8 Å². The zero-order valence-corrected chi connectivity index (χ0v) is 18.6. The van der Waals surface area contributed by atoms with Gasteiger partial charge in [-0.3, -0.25) is 14.5 Å². The van der Waals surface area contributed by atoms with Crippen LogP contribution in [0.4, 0.5) is 24.5 Å². The zero-order chi connectivity index (χ0) is 23.6. The molecule has 182 valence electrons. The smallest absolute Gasteiger partial charge is 0.370 e. The van der Waals surface area contributed by atoms with Crippen LogP contribution in [0.3, 0.4) is 0 Å². The summed E-state index contributed by atoms with van der Waals surface area (Å²) < 4.78 is 46.7. The first-order chi connectivity index (χ1) is 15.8. The van der Waals surface area contributed by atoms with Gasteiger partial charge in [0, 0.05) is 31.9 Å². The molecule has 2 aliphatic carbocycles. The van der Waals surface area contributed by atoms with Crippen molar-refractivity contribution in [2.75, 3.05) is 49.6 Å². The van der Waals surface area contributed by atoms with E-state index in [-0.39, 0.29) is 37.7 Å². The summed E-state index contributed by atoms with van der Waals surface area (Å²) in [6.45, 7) is 1.78. The molecule has 0 aromatic heterocycles. The van der Waals surface area contributed by atoms with Crippen LogP contribution >= 0.6 is 0 Å². The number of carbonyl (C=O) groups is 2. The molecule has 3 N–H and O–H groups in total. The number of hydrogen-bond donors (Lipinski definition) is 2. The van der Waals surface area contributed by atoms with Gasteiger partial charge in [0.25, 0.3) is 5.91 Å². The molecule has 4 rings (SSSR count). The molecule has 1 aromatic rings. The number of rotatable bonds is 9. The monoisotopic (exact) mass is 468 g/mol. The van der Waals surface area contributed by atoms with Crippen LogP contribution in [0.25, 0.3) is 0 Å². The van der Waals surface area contributed by atoms with E-state index in [9.17, 15) is 22.8 Å². The molecular weight excluding hydrogens is 437 g/mol. The molecule has 3 fully saturated rings. The van der Waals surface area contributed by atoms with E-state index in [1.807, 2.05) is 0 Å². The van der Waals surface area contributed by atoms with E-state index in [0.717, 1.165) is 44.8 Å². The Hall–Kier alpha value is -2.17. The molecule has 1 aromatic carbocycles. The van der Waals surface area contributed by atoms with Gasteiger partial charge in [-0.1, -0.05) is 6.42 Å². The summed E-state index contributed by atoms with van der Waals surface area (Å²) in [6, 6.07) is 2.85. The van der Waals surface area contributed by atoms with Gasteiger partial charge in [-0.2, -0.15) is 13.2 Å². The Bertz CT molecular complexity index is 871. The lowest BCUT2D eigenvalue weighted by Gasteiger charge is -2.36. The third-order valence-electron chi connectivity index (χ3n) is 6.74. The van der Waals surface area contributed by atoms with Crippen LogP contribution in [0.1, 0.15) is 37.7 Å². The van der Waals surface area contributed by atoms with E-state index < -0.39 is 29.6 Å². The second kappa shape index (κ2) is 9.99. The summed E-state index contributed by atoms with van der Waals surface area (Å²) in [6.07, 6.45) is 0.917. The minimum absolute atomic E-state index is 0.0347. The number of nitrogens with one attached hydrogen (secondary N) is 1. The first kappa shape index (κ1) is 24.0. The number of carbonyl (C=O) groups excluding carboxylic acids is 2. The molecule has 2 saturated carbocycles. The lowest BCUT2D eigenvalue weighted by atomic mass is 9.84. The topological polar surface area (TPSA) is 87.9 Å². The summed E-state index contributed by atoms with van der Waals surface area (Å²) in [4.78, 5) is 28.5. The number of nitrogens with zero attached hydrogens (tertiary/aromatic N) is 2. The Morgan fingerprint density at radius 2 is 1.91 bits per heavy atom. The van der Waals surface area contributed by atoms with Crippen molar-refractivity contribution < 1.29 is 27.5 Å². The SMILES string of the molecule is NC[C@H](C(=O)Nc1ccc(N2CCOCC2=O)cc1C(F)(F)F)N(CC1CCC1)CC1CC1. The van der Waals surface area contributed by atoms with Gasteiger partial charge in [-0.05, 0) is 55.7 Å². The van der Waals surface area contributed by atoms with Gasteiger partial charge < -0.3 is 20.7 Å². The summed E-state index contributed by atoms with van der Waals surface area (Å²) in [7, 11) is 0. The van der Waals surface area contributed by atoms with E-state index in [2.05, 4.69) is 10.2 Å². The van der Waals surface area contributed by atoms with Gasteiger partial charge in [0.05, 0.1) is 17.9 Å². The van der Waals surface area contributed by atoms with Gasteiger partial charge in [0.1, 0.15) is 12.6 Å². The average Bonchev–Trinajstić information content (AvgIpc) is 3.55. The van der Waals surface area contributed by atoms with Crippen molar-refractivity contribution in [3.05, 3.63) is 23.8 Å². The molecule has 10 heteroatoms. The van der Waals surface area contributed by atoms with Crippen molar-refractivity contribution in [3.8, 4) is 0 Å². The van der Waals surface area contributed by atoms with Crippen LogP contribution in [0.2, 0.25) is 0 Å². The number of anilines is 2. The van der Waals surface area contributed by atoms with Crippen molar-refractivity contribution in [1.29, 1.82) is 0 Å². The molecule has 0 spiro atoms. The highest BCUT2D eigenvalue weighted by molar-refractivity contribution is 5.98. The summed E-state index contributed by atoms with van der Waals surface area (Å²) in [5.74, 6) is 0.115. The fourth-order valence-electron chi connectivity index (χ4n) is 4.44. The van der Waals surface area contributed by atoms with Crippen molar-refractivity contribution in [1.82, 2.24) is 4.90 Å². The quantitative estimate of drug-likeness (QED) is 0.582. The first-order valence-corrected chi connectivity index (χ1v) is 11.6. The maximum atomic E-state index is 13.9. The van der Waals surface area contributed by atoms with Gasteiger partial charge in [0.2, 0.25) is 5.91 Å². The summed E-state index contributed by atoms with van der Waals surface area (Å²) in [5.41, 5.74) is 4.75. The Kier molecular flexibility index (Phi) is 7.25. The Morgan fingerprint density at radius 1 is 1.21 bits per heavy atom. The number of alkyl halides is 3. The van der Waals surface area contributed by atoms with Crippen LogP contribution in [-0.4, -0.2) is 62.1 Å². The van der Waals surface area contributed by atoms with Crippen LogP contribution < -0.4 is 16.0 Å². The normalized spacial score (nSPS) is 20.6. The van der Waals surface area contributed by atoms with Crippen LogP contribution in [0.15, 0.2) is 18.2 Å². The van der Waals surface area contributed by atoms with Gasteiger partial charge in [0.15, 0.2) is 0 Å². The maximum Gasteiger partial charge on any atom is 0.418 e. The number of ether oxygens (including phenoxy) is 1. The standard InChI is InChI=1S/C23H31F3N4O3/c24-23(25,26)18-10-17(30-8-9-33-14-21(30)31)6-7-19(18)28-22(32)20(11-27)29(13-16-4-5-16)12-15-2-1-3-15/h6-7,10,15-16,20H,1-5,8-9,11-14,27H2,(H,28,32)/t20-/m1/s1. The van der Waals surface area contributed by atoms with Gasteiger partial charge in [-0.25, -0.2) is 0 Å². The highest BCUT2D eigenvalue weighted by Gasteiger charge is 2.37. The van der Waals surface area contributed by atoms with Crippen molar-refractivity contribution >= 4 is 23.2 Å². The molecule has 2 amide bonds. The second-order valence-electron chi connectivity index (χ2n) is 9.26. The number of amides is 2. The van der Waals surface area contributed by atoms with E-state index in [1.165, 1.54) is 23.5 Å². The van der Waals surface area contributed by atoms with E-state index in [1.54, 1.807) is 0 Å². The number of benzene rings is 1. The predicted molar refractivity (Wildman–Crippen MR) is 118 cm³/mol. The molecule has 1 aliphatic heterocycles. The van der Waals surface area contributed by atoms with E-state index in [4.69, 9.17) is 10.5 Å². The third-order valence-corrected chi connectivity index (χ3v) is 6.74. The summed E-state index contributed by atoms with van der Waals surface area (Å²) >= 11 is 0. The fourth-order valence-corrected chi connectivity index (χ4v) is 4.44. The minimum atomic E-state index is -4.70. The molecule has 0 bridgehead atoms. The number of hydrogen-bond acceptors (Lipinski definition) is 5. The number of nitrogens with two attached hydrogens (primary N) is 1. The molecule has 1 heterocycles. The molecule has 3 aliphatic rings. The van der Waals surface area contributed by atoms with Crippen molar-refractivity contribution in [2.45, 2.75) is 44.3 Å². The molecule has 0 unspecified atom stereocenters. The van der Waals surface area contributed by atoms with Crippen molar-refractivity contribution in [2.24, 2.45) is 17.6 Å². The minimum Gasteiger partial charge on any atom is -0.370 e. The van der Waals surface area contributed by atoms with Gasteiger partial charge >= 0.3 is 6.18 Å². The van der Waals surface area contributed by atoms with Crippen LogP contribution in [0.5, 0.6) is 0 Å². The van der Waals surface area contributed by atoms with E-state index >= 15 is 0 Å². The highest BCUT2D eigenvalue weighted by atomic mass is 19.4. The predicted octanol–water partition coefficient (Wildman–Crippen LogP) is 2.85. The molecule has 1 atom stereocenters. The summed E-state index contributed by atoms with van der Waals surface area (Å²) in [5, 5.41) is 2.48. The molecule has 0 radical (unpaired) electrons. The Labute approximate surface area is 191 Å². The van der Waals surface area contributed by atoms with Crippen LogP contribution in [-0.2, 0) is 20.5 Å². The second-order valence-corrected chi connectivity index (χ2v) is 9.26. The average molecular weight is 469 g/mol. The van der Waals surface area contributed by atoms with E-state index in [0.29, 0.717) is 11.8 Å². The highest BCUT2D eigenvalue weighted by Crippen LogP contribution is 2.38. The largest absolute Gasteiger partial charge is 0.418 e. The Morgan fingerprint density at radius 3 is 2.45 bits per heavy atom. The van der Waals surface area contributed by atoms with Gasteiger partial charge in [-0.15, -0.1) is 0 Å². The molecular formula is C23H31F3N4O3. The first-order valence-electron chi connectivity index (χ1n) is 11.6. The van der Waals surface area contributed by atoms with Crippen molar-refractivity contribution in [3.63, 3.8) is 0 Å². The molecule has 7 nitrogen and oxygen atoms in total. The lowest BCUT2D eigenvalue weighted by molar-refractivity contribution is -0.137. The number of morpholine rings is 1. The molecule has 1 saturated heterocycles.